The Morgan fingerprint density at radius 2 is 1.89 bits per heavy atom. The Hall–Kier alpha value is -0.0800. The lowest BCUT2D eigenvalue weighted by Gasteiger charge is -2.58. The molecule has 0 aliphatic heterocycles. The van der Waals surface area contributed by atoms with Gasteiger partial charge in [-0.15, -0.1) is 0 Å². The van der Waals surface area contributed by atoms with Crippen molar-refractivity contribution in [2.75, 3.05) is 13.2 Å². The maximum absolute atomic E-state index is 6.21. The highest BCUT2D eigenvalue weighted by Gasteiger charge is 2.55. The van der Waals surface area contributed by atoms with Crippen LogP contribution in [0.4, 0.5) is 0 Å². The van der Waals surface area contributed by atoms with Crippen molar-refractivity contribution >= 4 is 0 Å². The summed E-state index contributed by atoms with van der Waals surface area (Å²) in [6.45, 7) is 6.58. The summed E-state index contributed by atoms with van der Waals surface area (Å²) in [6.07, 6.45) is 12.7. The fourth-order valence-corrected chi connectivity index (χ4v) is 3.97. The first kappa shape index (κ1) is 14.3. The van der Waals surface area contributed by atoms with Gasteiger partial charge in [0.05, 0.1) is 6.10 Å². The van der Waals surface area contributed by atoms with Gasteiger partial charge >= 0.3 is 0 Å². The first-order valence-electron chi connectivity index (χ1n) is 8.18. The lowest BCUT2D eigenvalue weighted by Crippen LogP contribution is -2.64. The van der Waals surface area contributed by atoms with Crippen molar-refractivity contribution in [2.24, 2.45) is 5.41 Å². The molecule has 0 heterocycles. The topological polar surface area (TPSA) is 21.3 Å². The SMILES string of the molecule is CCCCCOC1CC(NCC)C12CCCCC2. The van der Waals surface area contributed by atoms with E-state index >= 15 is 0 Å². The molecule has 2 nitrogen and oxygen atoms in total. The molecule has 0 aromatic carbocycles. The van der Waals surface area contributed by atoms with Gasteiger partial charge in [0, 0.05) is 18.1 Å². The second-order valence-electron chi connectivity index (χ2n) is 6.21. The third-order valence-corrected chi connectivity index (χ3v) is 5.09. The number of hydrogen-bond donors (Lipinski definition) is 1. The van der Waals surface area contributed by atoms with Gasteiger partial charge in [-0.1, -0.05) is 46.0 Å². The van der Waals surface area contributed by atoms with Gasteiger partial charge in [-0.2, -0.15) is 0 Å². The van der Waals surface area contributed by atoms with Crippen LogP contribution in [0, 0.1) is 5.41 Å². The van der Waals surface area contributed by atoms with Crippen molar-refractivity contribution in [3.05, 3.63) is 0 Å². The molecule has 0 radical (unpaired) electrons. The summed E-state index contributed by atoms with van der Waals surface area (Å²) in [6, 6.07) is 0.735. The first-order valence-corrected chi connectivity index (χ1v) is 8.18. The summed E-state index contributed by atoms with van der Waals surface area (Å²) in [7, 11) is 0. The molecule has 1 N–H and O–H groups in total. The van der Waals surface area contributed by atoms with Gasteiger partial charge in [0.15, 0.2) is 0 Å². The average molecular weight is 253 g/mol. The lowest BCUT2D eigenvalue weighted by molar-refractivity contribution is -0.152. The fourth-order valence-electron chi connectivity index (χ4n) is 3.97. The molecular weight excluding hydrogens is 222 g/mol. The number of hydrogen-bond acceptors (Lipinski definition) is 2. The molecule has 2 atom stereocenters. The van der Waals surface area contributed by atoms with Crippen LogP contribution in [0.2, 0.25) is 0 Å². The van der Waals surface area contributed by atoms with E-state index in [4.69, 9.17) is 4.74 Å². The van der Waals surface area contributed by atoms with Gasteiger partial charge in [-0.05, 0) is 32.2 Å². The summed E-state index contributed by atoms with van der Waals surface area (Å²) in [5.41, 5.74) is 0.500. The minimum absolute atomic E-state index is 0.500. The molecule has 2 aliphatic carbocycles. The van der Waals surface area contributed by atoms with E-state index < -0.39 is 0 Å². The zero-order chi connectivity index (χ0) is 12.8. The molecular formula is C16H31NO. The van der Waals surface area contributed by atoms with Crippen molar-refractivity contribution in [3.63, 3.8) is 0 Å². The van der Waals surface area contributed by atoms with E-state index in [2.05, 4.69) is 19.2 Å². The Kier molecular flexibility index (Phi) is 5.50. The normalized spacial score (nSPS) is 30.3. The van der Waals surface area contributed by atoms with Crippen LogP contribution in [-0.2, 0) is 4.74 Å². The molecule has 2 saturated carbocycles. The summed E-state index contributed by atoms with van der Waals surface area (Å²) in [5, 5.41) is 3.69. The van der Waals surface area contributed by atoms with Gasteiger partial charge in [-0.25, -0.2) is 0 Å². The predicted octanol–water partition coefficient (Wildman–Crippen LogP) is 3.89. The van der Waals surface area contributed by atoms with Crippen LogP contribution >= 0.6 is 0 Å². The number of ether oxygens (including phenoxy) is 1. The largest absolute Gasteiger partial charge is 0.378 e. The van der Waals surface area contributed by atoms with Crippen LogP contribution in [-0.4, -0.2) is 25.3 Å². The molecule has 18 heavy (non-hydrogen) atoms. The highest BCUT2D eigenvalue weighted by atomic mass is 16.5. The Morgan fingerprint density at radius 1 is 1.11 bits per heavy atom. The molecule has 106 valence electrons. The van der Waals surface area contributed by atoms with E-state index in [1.807, 2.05) is 0 Å². The molecule has 0 aromatic heterocycles. The molecule has 2 heteroatoms. The second-order valence-corrected chi connectivity index (χ2v) is 6.21. The van der Waals surface area contributed by atoms with E-state index in [0.717, 1.165) is 19.2 Å². The Labute approximate surface area is 113 Å². The van der Waals surface area contributed by atoms with Crippen molar-refractivity contribution in [1.82, 2.24) is 5.32 Å². The average Bonchev–Trinajstić information content (AvgIpc) is 2.42. The molecule has 2 fully saturated rings. The van der Waals surface area contributed by atoms with E-state index in [0.29, 0.717) is 11.5 Å². The van der Waals surface area contributed by atoms with Crippen molar-refractivity contribution < 1.29 is 4.74 Å². The summed E-state index contributed by atoms with van der Waals surface area (Å²) in [5.74, 6) is 0. The van der Waals surface area contributed by atoms with Gasteiger partial charge in [0.1, 0.15) is 0 Å². The van der Waals surface area contributed by atoms with Crippen molar-refractivity contribution in [1.29, 1.82) is 0 Å². The summed E-state index contributed by atoms with van der Waals surface area (Å²) >= 11 is 0. The molecule has 2 aliphatic rings. The Bertz CT molecular complexity index is 235. The molecule has 2 rings (SSSR count). The van der Waals surface area contributed by atoms with E-state index in [1.165, 1.54) is 57.8 Å². The van der Waals surface area contributed by atoms with Gasteiger partial charge in [-0.3, -0.25) is 0 Å². The minimum atomic E-state index is 0.500. The molecule has 2 unspecified atom stereocenters. The van der Waals surface area contributed by atoms with Gasteiger partial charge in [0.25, 0.3) is 0 Å². The van der Waals surface area contributed by atoms with Crippen molar-refractivity contribution in [2.45, 2.75) is 83.8 Å². The smallest absolute Gasteiger partial charge is 0.0661 e. The summed E-state index contributed by atoms with van der Waals surface area (Å²) in [4.78, 5) is 0. The Morgan fingerprint density at radius 3 is 2.56 bits per heavy atom. The Balaban J connectivity index is 1.82. The lowest BCUT2D eigenvalue weighted by atomic mass is 9.55. The number of nitrogens with one attached hydrogen (secondary N) is 1. The molecule has 0 amide bonds. The maximum atomic E-state index is 6.21. The molecule has 0 aromatic rings. The van der Waals surface area contributed by atoms with Gasteiger partial charge in [0.2, 0.25) is 0 Å². The molecule has 0 bridgehead atoms. The monoisotopic (exact) mass is 253 g/mol. The van der Waals surface area contributed by atoms with Gasteiger partial charge < -0.3 is 10.1 Å². The predicted molar refractivity (Wildman–Crippen MR) is 76.9 cm³/mol. The minimum Gasteiger partial charge on any atom is -0.378 e. The van der Waals surface area contributed by atoms with Crippen LogP contribution in [0.15, 0.2) is 0 Å². The quantitative estimate of drug-likeness (QED) is 0.695. The third-order valence-electron chi connectivity index (χ3n) is 5.09. The second kappa shape index (κ2) is 6.91. The number of rotatable bonds is 7. The molecule has 1 spiro atoms. The number of unbranched alkanes of at least 4 members (excludes halogenated alkanes) is 2. The van der Waals surface area contributed by atoms with E-state index in [9.17, 15) is 0 Å². The van der Waals surface area contributed by atoms with Crippen molar-refractivity contribution in [3.8, 4) is 0 Å². The van der Waals surface area contributed by atoms with Crippen LogP contribution in [0.1, 0.15) is 71.6 Å². The van der Waals surface area contributed by atoms with E-state index in [1.54, 1.807) is 0 Å². The zero-order valence-electron chi connectivity index (χ0n) is 12.3. The highest BCUT2D eigenvalue weighted by Crippen LogP contribution is 2.53. The fraction of sp³-hybridized carbons (Fsp3) is 1.00. The maximum Gasteiger partial charge on any atom is 0.0661 e. The third kappa shape index (κ3) is 2.91. The van der Waals surface area contributed by atoms with E-state index in [-0.39, 0.29) is 0 Å². The van der Waals surface area contributed by atoms with Crippen LogP contribution < -0.4 is 5.32 Å². The summed E-state index contributed by atoms with van der Waals surface area (Å²) < 4.78 is 6.21. The zero-order valence-corrected chi connectivity index (χ0v) is 12.3. The van der Waals surface area contributed by atoms with Crippen LogP contribution in [0.5, 0.6) is 0 Å². The van der Waals surface area contributed by atoms with Crippen LogP contribution in [0.3, 0.4) is 0 Å². The highest BCUT2D eigenvalue weighted by molar-refractivity contribution is 5.08. The van der Waals surface area contributed by atoms with Crippen LogP contribution in [0.25, 0.3) is 0 Å². The standard InChI is InChI=1S/C16H31NO/c1-3-5-9-12-18-15-13-14(17-4-2)16(15)10-7-6-8-11-16/h14-15,17H,3-13H2,1-2H3. The molecule has 0 saturated heterocycles. The first-order chi connectivity index (χ1) is 8.83.